The number of carbonyl (C=O) groups is 3. The molecular weight excluding hydrogens is 448 g/mol. The highest BCUT2D eigenvalue weighted by Gasteiger charge is 2.27. The van der Waals surface area contributed by atoms with Crippen molar-refractivity contribution in [2.45, 2.75) is 32.6 Å². The number of rotatable bonds is 5. The van der Waals surface area contributed by atoms with Gasteiger partial charge in [-0.1, -0.05) is 11.6 Å². The number of piperazine rings is 1. The van der Waals surface area contributed by atoms with Gasteiger partial charge in [-0.25, -0.2) is 0 Å². The molecule has 3 amide bonds. The summed E-state index contributed by atoms with van der Waals surface area (Å²) in [4.78, 5) is 42.5. The van der Waals surface area contributed by atoms with Crippen LogP contribution in [-0.4, -0.2) is 60.2 Å². The van der Waals surface area contributed by atoms with E-state index in [-0.39, 0.29) is 24.3 Å². The number of halogens is 1. The van der Waals surface area contributed by atoms with Gasteiger partial charge in [-0.3, -0.25) is 19.3 Å². The van der Waals surface area contributed by atoms with Crippen LogP contribution in [0, 0.1) is 0 Å². The van der Waals surface area contributed by atoms with Crippen molar-refractivity contribution in [2.24, 2.45) is 0 Å². The molecule has 9 heteroatoms. The van der Waals surface area contributed by atoms with E-state index in [1.165, 1.54) is 16.2 Å². The van der Waals surface area contributed by atoms with E-state index in [1.807, 2.05) is 4.90 Å². The molecule has 0 bridgehead atoms. The summed E-state index contributed by atoms with van der Waals surface area (Å²) in [6.45, 7) is 4.40. The average Bonchev–Trinajstić information content (AvgIpc) is 3.13. The van der Waals surface area contributed by atoms with Crippen LogP contribution in [0.3, 0.4) is 0 Å². The summed E-state index contributed by atoms with van der Waals surface area (Å²) in [6.07, 6.45) is 3.92. The van der Waals surface area contributed by atoms with Crippen molar-refractivity contribution in [3.8, 4) is 0 Å². The highest BCUT2D eigenvalue weighted by molar-refractivity contribution is 7.17. The molecule has 4 rings (SSSR count). The van der Waals surface area contributed by atoms with Crippen molar-refractivity contribution in [1.29, 1.82) is 0 Å². The Balaban J connectivity index is 1.46. The summed E-state index contributed by atoms with van der Waals surface area (Å²) in [7, 11) is 0. The largest absolute Gasteiger partial charge is 0.340 e. The van der Waals surface area contributed by atoms with Crippen molar-refractivity contribution < 1.29 is 14.4 Å². The zero-order valence-corrected chi connectivity index (χ0v) is 19.7. The molecule has 170 valence electrons. The van der Waals surface area contributed by atoms with Gasteiger partial charge in [0.15, 0.2) is 0 Å². The third-order valence-corrected chi connectivity index (χ3v) is 7.40. The van der Waals surface area contributed by atoms with Crippen molar-refractivity contribution in [3.05, 3.63) is 45.3 Å². The lowest BCUT2D eigenvalue weighted by molar-refractivity contribution is -0.130. The minimum atomic E-state index is -0.211. The summed E-state index contributed by atoms with van der Waals surface area (Å²) in [5.41, 5.74) is 2.29. The zero-order chi connectivity index (χ0) is 22.7. The topological polar surface area (TPSA) is 81.8 Å². The van der Waals surface area contributed by atoms with Gasteiger partial charge in [-0.2, -0.15) is 0 Å². The Kier molecular flexibility index (Phi) is 7.13. The van der Waals surface area contributed by atoms with E-state index >= 15 is 0 Å². The van der Waals surface area contributed by atoms with Crippen molar-refractivity contribution in [1.82, 2.24) is 9.80 Å². The fourth-order valence-corrected chi connectivity index (χ4v) is 5.64. The van der Waals surface area contributed by atoms with Gasteiger partial charge in [0.05, 0.1) is 12.1 Å². The fourth-order valence-electron chi connectivity index (χ4n) is 4.21. The zero-order valence-electron chi connectivity index (χ0n) is 18.1. The summed E-state index contributed by atoms with van der Waals surface area (Å²) in [6, 6.07) is 6.99. The standard InChI is InChI=1S/C23H27ClN4O3S/c1-15(29)28-12-10-27(11-13-28)14-20(30)26-23-21(18-4-2-3-5-19(18)32-23)22(31)25-17-8-6-16(24)7-9-17/h6-9H,2-5,10-14H2,1H3,(H,25,31)(H,26,30). The van der Waals surface area contributed by atoms with Crippen molar-refractivity contribution in [3.63, 3.8) is 0 Å². The Morgan fingerprint density at radius 2 is 1.69 bits per heavy atom. The number of nitrogens with zero attached hydrogens (tertiary/aromatic N) is 2. The Bertz CT molecular complexity index is 1010. The number of hydrogen-bond acceptors (Lipinski definition) is 5. The van der Waals surface area contributed by atoms with Crippen LogP contribution in [-0.2, 0) is 22.4 Å². The van der Waals surface area contributed by atoms with Crippen LogP contribution >= 0.6 is 22.9 Å². The second-order valence-corrected chi connectivity index (χ2v) is 9.75. The molecule has 7 nitrogen and oxygen atoms in total. The molecule has 1 aliphatic heterocycles. The normalized spacial score (nSPS) is 16.4. The van der Waals surface area contributed by atoms with Gasteiger partial charge < -0.3 is 15.5 Å². The molecule has 0 unspecified atom stereocenters. The third kappa shape index (κ3) is 5.31. The second-order valence-electron chi connectivity index (χ2n) is 8.21. The van der Waals surface area contributed by atoms with E-state index in [9.17, 15) is 14.4 Å². The molecule has 0 radical (unpaired) electrons. The SMILES string of the molecule is CC(=O)N1CCN(CC(=O)Nc2sc3c(c2C(=O)Nc2ccc(Cl)cc2)CCCC3)CC1. The maximum Gasteiger partial charge on any atom is 0.258 e. The van der Waals surface area contributed by atoms with Crippen LogP contribution in [0.15, 0.2) is 24.3 Å². The van der Waals surface area contributed by atoms with E-state index in [0.717, 1.165) is 31.2 Å². The van der Waals surface area contributed by atoms with Crippen LogP contribution in [0.2, 0.25) is 5.02 Å². The number of thiophene rings is 1. The number of carbonyl (C=O) groups excluding carboxylic acids is 3. The second kappa shape index (κ2) is 10.0. The minimum absolute atomic E-state index is 0.0645. The molecule has 1 saturated heterocycles. The molecule has 0 spiro atoms. The molecule has 1 aromatic heterocycles. The molecule has 0 saturated carbocycles. The molecule has 32 heavy (non-hydrogen) atoms. The van der Waals surface area contributed by atoms with Crippen LogP contribution in [0.4, 0.5) is 10.7 Å². The Morgan fingerprint density at radius 3 is 2.38 bits per heavy atom. The van der Waals surface area contributed by atoms with Crippen LogP contribution in [0.5, 0.6) is 0 Å². The molecule has 1 aliphatic carbocycles. The first kappa shape index (κ1) is 22.8. The molecule has 1 fully saturated rings. The van der Waals surface area contributed by atoms with Crippen molar-refractivity contribution in [2.75, 3.05) is 43.4 Å². The van der Waals surface area contributed by atoms with Gasteiger partial charge in [-0.15, -0.1) is 11.3 Å². The van der Waals surface area contributed by atoms with Crippen LogP contribution in [0.1, 0.15) is 40.6 Å². The molecule has 2 aliphatic rings. The molecule has 2 N–H and O–H groups in total. The van der Waals surface area contributed by atoms with Crippen LogP contribution in [0.25, 0.3) is 0 Å². The molecular formula is C23H27ClN4O3S. The van der Waals surface area contributed by atoms with E-state index in [0.29, 0.717) is 47.5 Å². The number of benzene rings is 1. The van der Waals surface area contributed by atoms with Gasteiger partial charge in [-0.05, 0) is 55.5 Å². The highest BCUT2D eigenvalue weighted by Crippen LogP contribution is 2.38. The monoisotopic (exact) mass is 474 g/mol. The Labute approximate surface area is 196 Å². The van der Waals surface area contributed by atoms with E-state index in [2.05, 4.69) is 10.6 Å². The number of nitrogens with one attached hydrogen (secondary N) is 2. The van der Waals surface area contributed by atoms with E-state index < -0.39 is 0 Å². The smallest absolute Gasteiger partial charge is 0.258 e. The van der Waals surface area contributed by atoms with Gasteiger partial charge >= 0.3 is 0 Å². The first-order chi connectivity index (χ1) is 15.4. The lowest BCUT2D eigenvalue weighted by Gasteiger charge is -2.33. The average molecular weight is 475 g/mol. The third-order valence-electron chi connectivity index (χ3n) is 5.94. The van der Waals surface area contributed by atoms with Gasteiger partial charge in [0.2, 0.25) is 11.8 Å². The fraction of sp³-hybridized carbons (Fsp3) is 0.435. The molecule has 2 heterocycles. The first-order valence-electron chi connectivity index (χ1n) is 10.9. The first-order valence-corrected chi connectivity index (χ1v) is 12.1. The maximum atomic E-state index is 13.2. The van der Waals surface area contributed by atoms with E-state index in [1.54, 1.807) is 36.1 Å². The summed E-state index contributed by atoms with van der Waals surface area (Å²) < 4.78 is 0. The lowest BCUT2D eigenvalue weighted by atomic mass is 9.95. The predicted octanol–water partition coefficient (Wildman–Crippen LogP) is 3.64. The molecule has 1 aromatic carbocycles. The van der Waals surface area contributed by atoms with E-state index in [4.69, 9.17) is 11.6 Å². The minimum Gasteiger partial charge on any atom is -0.340 e. The Hall–Kier alpha value is -2.42. The Morgan fingerprint density at radius 1 is 1.00 bits per heavy atom. The predicted molar refractivity (Wildman–Crippen MR) is 128 cm³/mol. The highest BCUT2D eigenvalue weighted by atomic mass is 35.5. The number of aryl methyl sites for hydroxylation is 1. The van der Waals surface area contributed by atoms with Gasteiger partial charge in [0.25, 0.3) is 5.91 Å². The lowest BCUT2D eigenvalue weighted by Crippen LogP contribution is -2.49. The number of anilines is 2. The van der Waals surface area contributed by atoms with Crippen molar-refractivity contribution >= 4 is 51.3 Å². The van der Waals surface area contributed by atoms with Crippen LogP contribution < -0.4 is 10.6 Å². The molecule has 0 atom stereocenters. The number of hydrogen-bond donors (Lipinski definition) is 2. The number of fused-ring (bicyclic) bond motifs is 1. The summed E-state index contributed by atoms with van der Waals surface area (Å²) in [5, 5.41) is 7.17. The quantitative estimate of drug-likeness (QED) is 0.693. The van der Waals surface area contributed by atoms with Gasteiger partial charge in [0, 0.05) is 48.7 Å². The number of amides is 3. The van der Waals surface area contributed by atoms with Gasteiger partial charge in [0.1, 0.15) is 5.00 Å². The summed E-state index contributed by atoms with van der Waals surface area (Å²) in [5.74, 6) is -0.285. The maximum absolute atomic E-state index is 13.2. The summed E-state index contributed by atoms with van der Waals surface area (Å²) >= 11 is 7.46. The molecule has 2 aromatic rings.